The molecule has 2 heterocycles. The van der Waals surface area contributed by atoms with Gasteiger partial charge in [0.1, 0.15) is 0 Å². The maximum atomic E-state index is 13.4. The molecule has 1 aromatic heterocycles. The van der Waals surface area contributed by atoms with E-state index < -0.39 is 23.3 Å². The molecule has 1 aliphatic heterocycles. The molecule has 0 amide bonds. The third-order valence-corrected chi connectivity index (χ3v) is 4.09. The predicted molar refractivity (Wildman–Crippen MR) is 79.8 cm³/mol. The predicted octanol–water partition coefficient (Wildman–Crippen LogP) is 3.94. The maximum absolute atomic E-state index is 13.4. The molecular weight excluding hydrogens is 309 g/mol. The molecule has 1 N–H and O–H groups in total. The van der Waals surface area contributed by atoms with E-state index in [-0.39, 0.29) is 10.9 Å². The minimum absolute atomic E-state index is 0.142. The summed E-state index contributed by atoms with van der Waals surface area (Å²) in [5.41, 5.74) is -1.13. The van der Waals surface area contributed by atoms with Gasteiger partial charge in [-0.3, -0.25) is 4.98 Å². The van der Waals surface area contributed by atoms with E-state index in [1.54, 1.807) is 6.07 Å². The summed E-state index contributed by atoms with van der Waals surface area (Å²) < 4.78 is 40.2. The van der Waals surface area contributed by atoms with Gasteiger partial charge in [-0.05, 0) is 37.5 Å². The van der Waals surface area contributed by atoms with Crippen molar-refractivity contribution < 1.29 is 23.1 Å². The number of hydrogen-bond acceptors (Lipinski definition) is 3. The molecule has 1 aromatic carbocycles. The lowest BCUT2D eigenvalue weighted by Gasteiger charge is -2.29. The highest BCUT2D eigenvalue weighted by Crippen LogP contribution is 2.38. The molecule has 0 atom stereocenters. The van der Waals surface area contributed by atoms with Crippen LogP contribution in [-0.4, -0.2) is 29.1 Å². The summed E-state index contributed by atoms with van der Waals surface area (Å²) in [6, 6.07) is 4.66. The van der Waals surface area contributed by atoms with Gasteiger partial charge in [0.05, 0.1) is 16.6 Å². The van der Waals surface area contributed by atoms with Gasteiger partial charge in [0.15, 0.2) is 0 Å². The number of anilines is 1. The molecule has 1 aliphatic rings. The summed E-state index contributed by atoms with van der Waals surface area (Å²) in [4.78, 5) is 17.0. The van der Waals surface area contributed by atoms with Crippen molar-refractivity contribution in [1.82, 2.24) is 4.98 Å². The SMILES string of the molecule is O=C(O)c1cnc2ccc(N3CCCCC3)cc2c1C(F)(F)F. The number of rotatable bonds is 2. The van der Waals surface area contributed by atoms with Crippen LogP contribution in [0.4, 0.5) is 18.9 Å². The summed E-state index contributed by atoms with van der Waals surface area (Å²) in [6.45, 7) is 1.58. The van der Waals surface area contributed by atoms with Gasteiger partial charge in [-0.25, -0.2) is 4.79 Å². The molecule has 122 valence electrons. The molecule has 0 spiro atoms. The molecule has 0 saturated carbocycles. The molecule has 4 nitrogen and oxygen atoms in total. The van der Waals surface area contributed by atoms with Crippen LogP contribution in [0.5, 0.6) is 0 Å². The van der Waals surface area contributed by atoms with Crippen molar-refractivity contribution in [2.75, 3.05) is 18.0 Å². The fraction of sp³-hybridized carbons (Fsp3) is 0.375. The average molecular weight is 324 g/mol. The molecule has 0 bridgehead atoms. The van der Waals surface area contributed by atoms with Crippen molar-refractivity contribution in [1.29, 1.82) is 0 Å². The Labute approximate surface area is 130 Å². The number of aromatic carboxylic acids is 1. The van der Waals surface area contributed by atoms with Crippen LogP contribution < -0.4 is 4.90 Å². The first kappa shape index (κ1) is 15.6. The zero-order valence-electron chi connectivity index (χ0n) is 12.2. The van der Waals surface area contributed by atoms with Gasteiger partial charge in [0.25, 0.3) is 0 Å². The number of piperidine rings is 1. The zero-order valence-corrected chi connectivity index (χ0v) is 12.2. The monoisotopic (exact) mass is 324 g/mol. The van der Waals surface area contributed by atoms with Crippen LogP contribution in [0.2, 0.25) is 0 Å². The Bertz CT molecular complexity index is 753. The largest absolute Gasteiger partial charge is 0.478 e. The average Bonchev–Trinajstić information content (AvgIpc) is 2.53. The minimum Gasteiger partial charge on any atom is -0.478 e. The fourth-order valence-electron chi connectivity index (χ4n) is 3.00. The number of aromatic nitrogens is 1. The fourth-order valence-corrected chi connectivity index (χ4v) is 3.00. The summed E-state index contributed by atoms with van der Waals surface area (Å²) in [7, 11) is 0. The van der Waals surface area contributed by atoms with Crippen LogP contribution in [0.15, 0.2) is 24.4 Å². The molecule has 2 aromatic rings. The molecule has 3 rings (SSSR count). The Morgan fingerprint density at radius 1 is 1.17 bits per heavy atom. The number of benzene rings is 1. The summed E-state index contributed by atoms with van der Waals surface area (Å²) in [5, 5.41) is 8.89. The number of carboxylic acids is 1. The lowest BCUT2D eigenvalue weighted by Crippen LogP contribution is -2.29. The number of nitrogens with zero attached hydrogens (tertiary/aromatic N) is 2. The Morgan fingerprint density at radius 2 is 1.87 bits per heavy atom. The van der Waals surface area contributed by atoms with E-state index in [0.29, 0.717) is 5.69 Å². The third-order valence-electron chi connectivity index (χ3n) is 4.09. The van der Waals surface area contributed by atoms with Gasteiger partial charge in [-0.15, -0.1) is 0 Å². The standard InChI is InChI=1S/C16H15F3N2O2/c17-16(18,19)14-11-8-10(21-6-2-1-3-7-21)4-5-13(11)20-9-12(14)15(22)23/h4-5,8-9H,1-3,6-7H2,(H,22,23). The molecule has 0 unspecified atom stereocenters. The second kappa shape index (κ2) is 5.72. The first-order valence-electron chi connectivity index (χ1n) is 7.36. The van der Waals surface area contributed by atoms with Crippen molar-refractivity contribution in [3.63, 3.8) is 0 Å². The lowest BCUT2D eigenvalue weighted by molar-refractivity contribution is -0.136. The van der Waals surface area contributed by atoms with Crippen LogP contribution in [-0.2, 0) is 6.18 Å². The number of fused-ring (bicyclic) bond motifs is 1. The van der Waals surface area contributed by atoms with Crippen molar-refractivity contribution >= 4 is 22.6 Å². The highest BCUT2D eigenvalue weighted by atomic mass is 19.4. The van der Waals surface area contributed by atoms with E-state index >= 15 is 0 Å². The normalized spacial score (nSPS) is 15.9. The molecule has 0 aliphatic carbocycles. The highest BCUT2D eigenvalue weighted by Gasteiger charge is 2.38. The topological polar surface area (TPSA) is 53.4 Å². The van der Waals surface area contributed by atoms with Crippen molar-refractivity contribution in [3.8, 4) is 0 Å². The smallest absolute Gasteiger partial charge is 0.417 e. The van der Waals surface area contributed by atoms with E-state index in [4.69, 9.17) is 5.11 Å². The molecular formula is C16H15F3N2O2. The molecule has 23 heavy (non-hydrogen) atoms. The van der Waals surface area contributed by atoms with Gasteiger partial charge in [0.2, 0.25) is 0 Å². The van der Waals surface area contributed by atoms with Crippen molar-refractivity contribution in [2.45, 2.75) is 25.4 Å². The van der Waals surface area contributed by atoms with Crippen LogP contribution in [0.1, 0.15) is 35.2 Å². The second-order valence-corrected chi connectivity index (χ2v) is 5.60. The second-order valence-electron chi connectivity index (χ2n) is 5.60. The molecule has 1 saturated heterocycles. The van der Waals surface area contributed by atoms with E-state index in [1.807, 2.05) is 4.90 Å². The number of hydrogen-bond donors (Lipinski definition) is 1. The van der Waals surface area contributed by atoms with Gasteiger partial charge >= 0.3 is 12.1 Å². The Balaban J connectivity index is 2.20. The van der Waals surface area contributed by atoms with Gasteiger partial charge in [-0.2, -0.15) is 13.2 Å². The van der Waals surface area contributed by atoms with Gasteiger partial charge in [0, 0.05) is 30.4 Å². The van der Waals surface area contributed by atoms with E-state index in [9.17, 15) is 18.0 Å². The number of carbonyl (C=O) groups is 1. The maximum Gasteiger partial charge on any atom is 0.417 e. The van der Waals surface area contributed by atoms with Gasteiger partial charge < -0.3 is 10.0 Å². The van der Waals surface area contributed by atoms with Crippen LogP contribution in [0.25, 0.3) is 10.9 Å². The van der Waals surface area contributed by atoms with Crippen molar-refractivity contribution in [3.05, 3.63) is 35.5 Å². The quantitative estimate of drug-likeness (QED) is 0.909. The first-order chi connectivity index (χ1) is 10.9. The Hall–Kier alpha value is -2.31. The lowest BCUT2D eigenvalue weighted by atomic mass is 10.0. The van der Waals surface area contributed by atoms with E-state index in [0.717, 1.165) is 38.5 Å². The number of pyridine rings is 1. The molecule has 0 radical (unpaired) electrons. The Morgan fingerprint density at radius 3 is 2.48 bits per heavy atom. The summed E-state index contributed by atoms with van der Waals surface area (Å²) in [5.74, 6) is -1.63. The highest BCUT2D eigenvalue weighted by molar-refractivity contribution is 5.97. The van der Waals surface area contributed by atoms with Crippen LogP contribution in [0.3, 0.4) is 0 Å². The number of alkyl halides is 3. The van der Waals surface area contributed by atoms with Crippen molar-refractivity contribution in [2.24, 2.45) is 0 Å². The van der Waals surface area contributed by atoms with Crippen LogP contribution in [0, 0.1) is 0 Å². The summed E-state index contributed by atoms with van der Waals surface area (Å²) >= 11 is 0. The van der Waals surface area contributed by atoms with E-state index in [2.05, 4.69) is 4.98 Å². The van der Waals surface area contributed by atoms with Gasteiger partial charge in [-0.1, -0.05) is 0 Å². The first-order valence-corrected chi connectivity index (χ1v) is 7.36. The Kier molecular flexibility index (Phi) is 3.87. The third kappa shape index (κ3) is 2.95. The zero-order chi connectivity index (χ0) is 16.6. The van der Waals surface area contributed by atoms with E-state index in [1.165, 1.54) is 12.1 Å². The number of halogens is 3. The minimum atomic E-state index is -4.75. The number of carboxylic acid groups (broad SMARTS) is 1. The molecule has 7 heteroatoms. The van der Waals surface area contributed by atoms with Crippen LogP contribution >= 0.6 is 0 Å². The molecule has 1 fully saturated rings. The summed E-state index contributed by atoms with van der Waals surface area (Å²) in [6.07, 6.45) is -0.874.